The molecule has 1 aliphatic heterocycles. The van der Waals surface area contributed by atoms with Crippen molar-refractivity contribution in [3.05, 3.63) is 54.1 Å². The first-order chi connectivity index (χ1) is 14.1. The van der Waals surface area contributed by atoms with Crippen molar-refractivity contribution in [3.8, 4) is 22.8 Å². The zero-order chi connectivity index (χ0) is 20.4. The van der Waals surface area contributed by atoms with Gasteiger partial charge in [0.2, 0.25) is 0 Å². The summed E-state index contributed by atoms with van der Waals surface area (Å²) in [6, 6.07) is 15.3. The summed E-state index contributed by atoms with van der Waals surface area (Å²) < 4.78 is 10.8. The number of amides is 1. The number of hydrogen-bond donors (Lipinski definition) is 1. The van der Waals surface area contributed by atoms with Gasteiger partial charge in [-0.3, -0.25) is 4.79 Å². The quantitative estimate of drug-likeness (QED) is 0.613. The van der Waals surface area contributed by atoms with E-state index in [1.807, 2.05) is 53.4 Å². The standard InChI is InChI=1S/C23H25N3O3.2ClH/c1-28-21-8-7-16(11-22(21)29-2)20-12-18(17-5-3-4-6-19(17)25-20)23(27)26-10-9-15(13-24)14-26;;/h3-8,11-12,15H,9-10,13-14,24H2,1-2H3;2*1H. The molecule has 1 aromatic heterocycles. The van der Waals surface area contributed by atoms with Crippen molar-refractivity contribution < 1.29 is 14.3 Å². The molecule has 166 valence electrons. The first-order valence-corrected chi connectivity index (χ1v) is 9.76. The Morgan fingerprint density at radius 3 is 2.52 bits per heavy atom. The maximum absolute atomic E-state index is 13.3. The summed E-state index contributed by atoms with van der Waals surface area (Å²) in [4.78, 5) is 20.0. The molecular weight excluding hydrogens is 437 g/mol. The number of nitrogens with zero attached hydrogens (tertiary/aromatic N) is 2. The van der Waals surface area contributed by atoms with E-state index in [0.717, 1.165) is 35.1 Å². The Labute approximate surface area is 194 Å². The van der Waals surface area contributed by atoms with Crippen LogP contribution in [0.2, 0.25) is 0 Å². The van der Waals surface area contributed by atoms with Crippen LogP contribution in [0.1, 0.15) is 16.8 Å². The number of likely N-dealkylation sites (tertiary alicyclic amines) is 1. The summed E-state index contributed by atoms with van der Waals surface area (Å²) in [5, 5.41) is 0.859. The molecular formula is C23H27Cl2N3O3. The number of carbonyl (C=O) groups is 1. The fourth-order valence-corrected chi connectivity index (χ4v) is 3.88. The van der Waals surface area contributed by atoms with Gasteiger partial charge in [0.1, 0.15) is 0 Å². The van der Waals surface area contributed by atoms with Crippen LogP contribution in [0, 0.1) is 5.92 Å². The predicted molar refractivity (Wildman–Crippen MR) is 128 cm³/mol. The van der Waals surface area contributed by atoms with Crippen LogP contribution in [-0.2, 0) is 0 Å². The van der Waals surface area contributed by atoms with Gasteiger partial charge in [-0.15, -0.1) is 24.8 Å². The molecule has 0 radical (unpaired) electrons. The van der Waals surface area contributed by atoms with E-state index < -0.39 is 0 Å². The molecule has 0 spiro atoms. The third-order valence-electron chi connectivity index (χ3n) is 5.53. The molecule has 0 bridgehead atoms. The Kier molecular flexibility index (Phi) is 8.51. The number of pyridine rings is 1. The van der Waals surface area contributed by atoms with Gasteiger partial charge in [-0.05, 0) is 49.2 Å². The SMILES string of the molecule is COc1ccc(-c2cc(C(=O)N3CCC(CN)C3)c3ccccc3n2)cc1OC.Cl.Cl. The van der Waals surface area contributed by atoms with Crippen LogP contribution in [0.3, 0.4) is 0 Å². The van der Waals surface area contributed by atoms with Crippen LogP contribution < -0.4 is 15.2 Å². The smallest absolute Gasteiger partial charge is 0.254 e. The van der Waals surface area contributed by atoms with E-state index in [9.17, 15) is 4.79 Å². The van der Waals surface area contributed by atoms with Gasteiger partial charge < -0.3 is 20.1 Å². The zero-order valence-electron chi connectivity index (χ0n) is 17.5. The molecule has 2 heterocycles. The number of para-hydroxylation sites is 1. The number of hydrogen-bond acceptors (Lipinski definition) is 5. The molecule has 1 saturated heterocycles. The van der Waals surface area contributed by atoms with Crippen LogP contribution in [0.15, 0.2) is 48.5 Å². The lowest BCUT2D eigenvalue weighted by atomic mass is 10.0. The number of nitrogens with two attached hydrogens (primary N) is 1. The molecule has 31 heavy (non-hydrogen) atoms. The molecule has 4 rings (SSSR count). The zero-order valence-corrected chi connectivity index (χ0v) is 19.2. The number of halogens is 2. The first kappa shape index (κ1) is 24.7. The van der Waals surface area contributed by atoms with E-state index in [-0.39, 0.29) is 30.7 Å². The van der Waals surface area contributed by atoms with Crippen molar-refractivity contribution in [1.82, 2.24) is 9.88 Å². The summed E-state index contributed by atoms with van der Waals surface area (Å²) in [6.07, 6.45) is 0.952. The van der Waals surface area contributed by atoms with Gasteiger partial charge in [-0.2, -0.15) is 0 Å². The highest BCUT2D eigenvalue weighted by atomic mass is 35.5. The van der Waals surface area contributed by atoms with Crippen molar-refractivity contribution in [2.45, 2.75) is 6.42 Å². The molecule has 0 saturated carbocycles. The lowest BCUT2D eigenvalue weighted by Gasteiger charge is -2.18. The fourth-order valence-electron chi connectivity index (χ4n) is 3.88. The van der Waals surface area contributed by atoms with Crippen molar-refractivity contribution >= 4 is 41.6 Å². The van der Waals surface area contributed by atoms with Crippen LogP contribution in [0.4, 0.5) is 0 Å². The lowest BCUT2D eigenvalue weighted by Crippen LogP contribution is -2.30. The molecule has 2 N–H and O–H groups in total. The Balaban J connectivity index is 0.00000171. The molecule has 1 aliphatic rings. The summed E-state index contributed by atoms with van der Waals surface area (Å²) >= 11 is 0. The van der Waals surface area contributed by atoms with Gasteiger partial charge in [-0.1, -0.05) is 18.2 Å². The highest BCUT2D eigenvalue weighted by Gasteiger charge is 2.27. The first-order valence-electron chi connectivity index (χ1n) is 9.76. The Bertz CT molecular complexity index is 1060. The lowest BCUT2D eigenvalue weighted by molar-refractivity contribution is 0.0789. The number of aromatic nitrogens is 1. The van der Waals surface area contributed by atoms with Crippen LogP contribution in [0.5, 0.6) is 11.5 Å². The van der Waals surface area contributed by atoms with E-state index in [2.05, 4.69) is 0 Å². The molecule has 1 atom stereocenters. The van der Waals surface area contributed by atoms with Gasteiger partial charge in [0.05, 0.1) is 31.0 Å². The fraction of sp³-hybridized carbons (Fsp3) is 0.304. The number of benzene rings is 2. The number of rotatable bonds is 5. The summed E-state index contributed by atoms with van der Waals surface area (Å²) in [5.74, 6) is 1.68. The maximum atomic E-state index is 13.3. The van der Waals surface area contributed by atoms with Gasteiger partial charge in [0.25, 0.3) is 5.91 Å². The minimum Gasteiger partial charge on any atom is -0.493 e. The van der Waals surface area contributed by atoms with Gasteiger partial charge in [-0.25, -0.2) is 4.98 Å². The second-order valence-corrected chi connectivity index (χ2v) is 7.28. The molecule has 1 fully saturated rings. The second-order valence-electron chi connectivity index (χ2n) is 7.28. The van der Waals surface area contributed by atoms with E-state index in [0.29, 0.717) is 36.1 Å². The summed E-state index contributed by atoms with van der Waals surface area (Å²) in [6.45, 7) is 2.05. The van der Waals surface area contributed by atoms with Crippen LogP contribution in [0.25, 0.3) is 22.2 Å². The number of carbonyl (C=O) groups excluding carboxylic acids is 1. The predicted octanol–water partition coefficient (Wildman–Crippen LogP) is 4.18. The summed E-state index contributed by atoms with van der Waals surface area (Å²) in [7, 11) is 3.21. The maximum Gasteiger partial charge on any atom is 0.254 e. The minimum absolute atomic E-state index is 0. The molecule has 3 aromatic rings. The van der Waals surface area contributed by atoms with E-state index in [1.165, 1.54) is 0 Å². The van der Waals surface area contributed by atoms with E-state index in [4.69, 9.17) is 20.2 Å². The summed E-state index contributed by atoms with van der Waals surface area (Å²) in [5.41, 5.74) is 8.85. The molecule has 0 aliphatic carbocycles. The highest BCUT2D eigenvalue weighted by Crippen LogP contribution is 2.33. The molecule has 8 heteroatoms. The molecule has 6 nitrogen and oxygen atoms in total. The van der Waals surface area contributed by atoms with Crippen molar-refractivity contribution in [2.24, 2.45) is 11.7 Å². The Morgan fingerprint density at radius 1 is 1.10 bits per heavy atom. The van der Waals surface area contributed by atoms with E-state index in [1.54, 1.807) is 14.2 Å². The van der Waals surface area contributed by atoms with Crippen molar-refractivity contribution in [2.75, 3.05) is 33.9 Å². The van der Waals surface area contributed by atoms with Crippen molar-refractivity contribution in [3.63, 3.8) is 0 Å². The number of methoxy groups -OCH3 is 2. The van der Waals surface area contributed by atoms with Crippen molar-refractivity contribution in [1.29, 1.82) is 0 Å². The average Bonchev–Trinajstić information content (AvgIpc) is 3.26. The third kappa shape index (κ3) is 4.87. The molecule has 1 amide bonds. The average molecular weight is 464 g/mol. The largest absolute Gasteiger partial charge is 0.493 e. The molecule has 2 aromatic carbocycles. The van der Waals surface area contributed by atoms with E-state index >= 15 is 0 Å². The monoisotopic (exact) mass is 463 g/mol. The minimum atomic E-state index is 0. The number of fused-ring (bicyclic) bond motifs is 1. The third-order valence-corrected chi connectivity index (χ3v) is 5.53. The second kappa shape index (κ2) is 10.7. The Morgan fingerprint density at radius 2 is 1.84 bits per heavy atom. The highest BCUT2D eigenvalue weighted by molar-refractivity contribution is 6.07. The normalized spacial score (nSPS) is 15.2. The van der Waals surface area contributed by atoms with Gasteiger partial charge >= 0.3 is 0 Å². The Hall–Kier alpha value is -2.54. The topological polar surface area (TPSA) is 77.7 Å². The van der Waals surface area contributed by atoms with Crippen LogP contribution >= 0.6 is 24.8 Å². The molecule has 1 unspecified atom stereocenters. The van der Waals surface area contributed by atoms with Crippen LogP contribution in [-0.4, -0.2) is 49.6 Å². The van der Waals surface area contributed by atoms with Gasteiger partial charge in [0.15, 0.2) is 11.5 Å². The van der Waals surface area contributed by atoms with Gasteiger partial charge in [0, 0.05) is 24.0 Å². The number of ether oxygens (including phenoxy) is 2.